The minimum atomic E-state index is -0.446. The van der Waals surface area contributed by atoms with Crippen LogP contribution in [0.2, 0.25) is 0 Å². The van der Waals surface area contributed by atoms with E-state index >= 15 is 0 Å². The summed E-state index contributed by atoms with van der Waals surface area (Å²) in [6.45, 7) is 30.9. The molecule has 0 radical (unpaired) electrons. The predicted molar refractivity (Wildman–Crippen MR) is 588 cm³/mol. The highest BCUT2D eigenvalue weighted by Crippen LogP contribution is 2.59. The summed E-state index contributed by atoms with van der Waals surface area (Å²) in [6.07, 6.45) is 0.839. The molecule has 0 N–H and O–H groups in total. The van der Waals surface area contributed by atoms with Crippen molar-refractivity contribution in [3.05, 3.63) is 516 Å². The lowest BCUT2D eigenvalue weighted by Gasteiger charge is -2.31. The van der Waals surface area contributed by atoms with E-state index in [1.165, 1.54) is 161 Å². The molecule has 670 valence electrons. The Balaban J connectivity index is 0.594. The highest BCUT2D eigenvalue weighted by molar-refractivity contribution is 6.12. The van der Waals surface area contributed by atoms with Crippen molar-refractivity contribution in [2.24, 2.45) is 0 Å². The number of nitrogens with zero attached hydrogens (tertiary/aromatic N) is 2. The van der Waals surface area contributed by atoms with Gasteiger partial charge in [-0.05, 0) is 268 Å². The van der Waals surface area contributed by atoms with Crippen LogP contribution in [0.25, 0.3) is 133 Å². The molecule has 0 aromatic heterocycles. The van der Waals surface area contributed by atoms with Crippen LogP contribution in [0.4, 0.5) is 34.1 Å². The molecule has 0 fully saturated rings. The minimum absolute atomic E-state index is 0.0447. The number of anilines is 6. The Bertz CT molecular complexity index is 8010. The quantitative estimate of drug-likeness (QED) is 0.0796. The van der Waals surface area contributed by atoms with Gasteiger partial charge in [0, 0.05) is 44.5 Å². The van der Waals surface area contributed by atoms with Gasteiger partial charge in [-0.2, -0.15) is 0 Å². The van der Waals surface area contributed by atoms with E-state index in [-0.39, 0.29) is 27.1 Å². The highest BCUT2D eigenvalue weighted by atomic mass is 15.2. The number of rotatable bonds is 19. The summed E-state index contributed by atoms with van der Waals surface area (Å²) in [5.41, 5.74) is 43.8. The molecule has 0 heterocycles. The van der Waals surface area contributed by atoms with Crippen molar-refractivity contribution in [3.63, 3.8) is 0 Å². The van der Waals surface area contributed by atoms with Gasteiger partial charge >= 0.3 is 0 Å². The third kappa shape index (κ3) is 15.6. The molecule has 20 aromatic carbocycles. The molecule has 2 aliphatic rings. The van der Waals surface area contributed by atoms with Crippen LogP contribution in [-0.2, 0) is 38.9 Å². The van der Waals surface area contributed by atoms with Crippen molar-refractivity contribution >= 4 is 55.7 Å². The number of hydrogen-bond acceptors (Lipinski definition) is 2. The van der Waals surface area contributed by atoms with Crippen LogP contribution in [-0.4, -0.2) is 0 Å². The first-order valence-electron chi connectivity index (χ1n) is 49.1. The second kappa shape index (κ2) is 34.7. The maximum Gasteiger partial charge on any atom is 0.0540 e. The van der Waals surface area contributed by atoms with Crippen molar-refractivity contribution in [2.75, 3.05) is 9.80 Å². The Morgan fingerprint density at radius 2 is 0.529 bits per heavy atom. The summed E-state index contributed by atoms with van der Waals surface area (Å²) in [5.74, 6) is 0. The van der Waals surface area contributed by atoms with Gasteiger partial charge in [0.2, 0.25) is 0 Å². The van der Waals surface area contributed by atoms with Crippen LogP contribution in [0.1, 0.15) is 151 Å². The van der Waals surface area contributed by atoms with E-state index in [1.54, 1.807) is 0 Å². The lowest BCUT2D eigenvalue weighted by Crippen LogP contribution is -2.24. The zero-order valence-electron chi connectivity index (χ0n) is 81.4. The van der Waals surface area contributed by atoms with E-state index in [0.717, 1.165) is 73.9 Å². The lowest BCUT2D eigenvalue weighted by molar-refractivity contribution is 0.517. The Hall–Kier alpha value is -15.5. The maximum atomic E-state index is 2.52. The van der Waals surface area contributed by atoms with E-state index in [2.05, 4.69) is 555 Å². The summed E-state index contributed by atoms with van der Waals surface area (Å²) >= 11 is 0. The van der Waals surface area contributed by atoms with Crippen molar-refractivity contribution in [3.8, 4) is 111 Å². The molecule has 0 saturated carbocycles. The number of benzene rings is 20. The Morgan fingerprint density at radius 3 is 1.01 bits per heavy atom. The van der Waals surface area contributed by atoms with E-state index in [4.69, 9.17) is 0 Å². The van der Waals surface area contributed by atoms with E-state index in [0.29, 0.717) is 0 Å². The predicted octanol–water partition coefficient (Wildman–Crippen LogP) is 37.4. The SMILES string of the molecule is CC(C)(C)c1cc(-c2cccc3cccc(-c4ccccc4N(c4ccc(-c5cccc6c5-c5ccccc5C6(C)c5ccc(CC(C)(C)c6cc(-c7cccc8cccc(-c9ccccc9N(c9ccc(-c%10ccc%11c(c%10)C(C)(c%10ccccc%10)c%10ccccc%10-%11)cc9)c9ccccc9-c9ccccc9)c78)cc(C(C)(C)C)c6)cc5)cc4)c4ccccc4-c4ccccc4)c23)cc(C(C)(C)C)c1. The molecule has 2 atom stereocenters. The van der Waals surface area contributed by atoms with Gasteiger partial charge in [0.15, 0.2) is 0 Å². The standard InChI is InChI=1S/C136H116N2/c1-131(2,3)102-82-98(83-103(87-102)132(4,5)6)111-56-35-44-95-46-37-59-117(128(95)111)115-53-28-34-67-127(115)138(125-65-32-26-51-109(125)93-42-19-15-20-43-93)107-79-72-94(73-80-107)110-58-39-63-122-130(110)119-55-24-30-62-121(119)135(122,12)101-75-68-90(69-76-101)89-134(10,11)105-85-99(84-104(88-105)133(7,8)9)112-57-36-45-96-47-38-60-118(129(96)112)116-54-27-33-66-126(116)137(124-64-31-25-50-108(124)92-40-17-14-18-41-92)106-77-70-91(71-78-106)97-74-81-114-113-52-23-29-61-120(113)136(13,123(114)86-97)100-48-21-16-22-49-100/h14-88H,89H2,1-13H3. The maximum absolute atomic E-state index is 2.52. The summed E-state index contributed by atoms with van der Waals surface area (Å²) in [6, 6.07) is 172. The van der Waals surface area contributed by atoms with Gasteiger partial charge in [-0.25, -0.2) is 0 Å². The first kappa shape index (κ1) is 87.8. The van der Waals surface area contributed by atoms with E-state index < -0.39 is 5.41 Å². The minimum Gasteiger partial charge on any atom is -0.309 e. The van der Waals surface area contributed by atoms with Crippen molar-refractivity contribution in [2.45, 2.75) is 129 Å². The van der Waals surface area contributed by atoms with E-state index in [1.807, 2.05) is 0 Å². The summed E-state index contributed by atoms with van der Waals surface area (Å²) < 4.78 is 0. The molecule has 20 aromatic rings. The summed E-state index contributed by atoms with van der Waals surface area (Å²) in [5, 5.41) is 4.86. The van der Waals surface area contributed by atoms with Crippen LogP contribution in [0.3, 0.4) is 0 Å². The zero-order chi connectivity index (χ0) is 94.6. The van der Waals surface area contributed by atoms with E-state index in [9.17, 15) is 0 Å². The van der Waals surface area contributed by atoms with Crippen LogP contribution >= 0.6 is 0 Å². The second-order valence-corrected chi connectivity index (χ2v) is 42.3. The number of para-hydroxylation sites is 4. The molecule has 0 bridgehead atoms. The number of fused-ring (bicyclic) bond motifs is 8. The molecule has 0 aliphatic heterocycles. The lowest BCUT2D eigenvalue weighted by atomic mass is 9.72. The fraction of sp³-hybridized carbons (Fsp3) is 0.147. The largest absolute Gasteiger partial charge is 0.309 e. The smallest absolute Gasteiger partial charge is 0.0540 e. The monoisotopic (exact) mass is 1780 g/mol. The molecule has 138 heavy (non-hydrogen) atoms. The zero-order valence-corrected chi connectivity index (χ0v) is 81.4. The average Bonchev–Trinajstić information content (AvgIpc) is 1.56. The van der Waals surface area contributed by atoms with Crippen molar-refractivity contribution in [1.82, 2.24) is 0 Å². The second-order valence-electron chi connectivity index (χ2n) is 42.3. The molecule has 0 amide bonds. The van der Waals surface area contributed by atoms with Gasteiger partial charge in [-0.15, -0.1) is 0 Å². The van der Waals surface area contributed by atoms with Crippen LogP contribution in [0.5, 0.6) is 0 Å². The topological polar surface area (TPSA) is 6.48 Å². The van der Waals surface area contributed by atoms with Crippen LogP contribution < -0.4 is 9.80 Å². The average molecular weight is 1780 g/mol. The molecule has 2 heteroatoms. The summed E-state index contributed by atoms with van der Waals surface area (Å²) in [4.78, 5) is 5.01. The first-order valence-corrected chi connectivity index (χ1v) is 49.1. The molecule has 2 aliphatic carbocycles. The van der Waals surface area contributed by atoms with Crippen molar-refractivity contribution in [1.29, 1.82) is 0 Å². The van der Waals surface area contributed by atoms with Gasteiger partial charge in [0.1, 0.15) is 0 Å². The fourth-order valence-corrected chi connectivity index (χ4v) is 22.5. The highest BCUT2D eigenvalue weighted by Gasteiger charge is 2.44. The van der Waals surface area contributed by atoms with Gasteiger partial charge in [0.25, 0.3) is 0 Å². The molecule has 2 unspecified atom stereocenters. The first-order chi connectivity index (χ1) is 66.8. The normalized spacial score (nSPS) is 14.5. The Morgan fingerprint density at radius 1 is 0.203 bits per heavy atom. The molecule has 2 nitrogen and oxygen atoms in total. The Kier molecular flexibility index (Phi) is 22.1. The molecule has 0 spiro atoms. The number of hydrogen-bond donors (Lipinski definition) is 0. The molecule has 0 saturated heterocycles. The molecular weight excluding hydrogens is 1660 g/mol. The molecular formula is C136H116N2. The third-order valence-corrected chi connectivity index (χ3v) is 30.1. The third-order valence-electron chi connectivity index (χ3n) is 30.1. The van der Waals surface area contributed by atoms with Crippen molar-refractivity contribution < 1.29 is 0 Å². The van der Waals surface area contributed by atoms with Gasteiger partial charge < -0.3 is 9.80 Å². The van der Waals surface area contributed by atoms with Crippen LogP contribution in [0.15, 0.2) is 455 Å². The fourth-order valence-electron chi connectivity index (χ4n) is 22.5. The van der Waals surface area contributed by atoms with Gasteiger partial charge in [-0.1, -0.05) is 477 Å². The van der Waals surface area contributed by atoms with Gasteiger partial charge in [0.05, 0.1) is 22.7 Å². The van der Waals surface area contributed by atoms with Gasteiger partial charge in [-0.3, -0.25) is 0 Å². The summed E-state index contributed by atoms with van der Waals surface area (Å²) in [7, 11) is 0. The van der Waals surface area contributed by atoms with Crippen LogP contribution in [0, 0.1) is 0 Å². The molecule has 22 rings (SSSR count). The Labute approximate surface area is 816 Å².